The predicted octanol–water partition coefficient (Wildman–Crippen LogP) is 1.67. The molecule has 2 rings (SSSR count). The van der Waals surface area contributed by atoms with Crippen molar-refractivity contribution in [1.82, 2.24) is 5.32 Å². The Labute approximate surface area is 129 Å². The Bertz CT molecular complexity index is 561. The lowest BCUT2D eigenvalue weighted by Crippen LogP contribution is -2.39. The van der Waals surface area contributed by atoms with E-state index in [0.29, 0.717) is 17.9 Å². The number of benzene rings is 1. The first-order valence-electron chi connectivity index (χ1n) is 7.26. The standard InChI is InChI=1S/C16H21NO5/c1-9-6-12(7-10(2)15(9)22-8-14(18)19)16(20)17-13-4-5-21-11(13)3/h6-7,11,13H,4-5,8H2,1-3H3,(H,17,20)(H,18,19). The van der Waals surface area contributed by atoms with Gasteiger partial charge >= 0.3 is 5.97 Å². The maximum absolute atomic E-state index is 12.3. The summed E-state index contributed by atoms with van der Waals surface area (Å²) in [7, 11) is 0. The van der Waals surface area contributed by atoms with Crippen molar-refractivity contribution in [2.24, 2.45) is 0 Å². The molecule has 2 N–H and O–H groups in total. The van der Waals surface area contributed by atoms with Crippen molar-refractivity contribution in [3.8, 4) is 5.75 Å². The van der Waals surface area contributed by atoms with Crippen LogP contribution in [-0.2, 0) is 9.53 Å². The Balaban J connectivity index is 2.11. The van der Waals surface area contributed by atoms with Crippen LogP contribution in [0.4, 0.5) is 0 Å². The molecule has 1 aliphatic heterocycles. The minimum absolute atomic E-state index is 0.0179. The number of carbonyl (C=O) groups is 2. The maximum Gasteiger partial charge on any atom is 0.341 e. The van der Waals surface area contributed by atoms with E-state index in [0.717, 1.165) is 17.5 Å². The van der Waals surface area contributed by atoms with Crippen molar-refractivity contribution in [2.75, 3.05) is 13.2 Å². The highest BCUT2D eigenvalue weighted by molar-refractivity contribution is 5.95. The van der Waals surface area contributed by atoms with Crippen LogP contribution in [0, 0.1) is 13.8 Å². The largest absolute Gasteiger partial charge is 0.481 e. The third kappa shape index (κ3) is 3.76. The first-order chi connectivity index (χ1) is 10.4. The topological polar surface area (TPSA) is 84.9 Å². The maximum atomic E-state index is 12.3. The summed E-state index contributed by atoms with van der Waals surface area (Å²) in [4.78, 5) is 22.9. The van der Waals surface area contributed by atoms with Gasteiger partial charge in [-0.2, -0.15) is 0 Å². The van der Waals surface area contributed by atoms with Crippen LogP contribution in [0.2, 0.25) is 0 Å². The van der Waals surface area contributed by atoms with E-state index in [1.54, 1.807) is 26.0 Å². The Hall–Kier alpha value is -2.08. The molecule has 1 fully saturated rings. The van der Waals surface area contributed by atoms with Crippen LogP contribution in [0.15, 0.2) is 12.1 Å². The van der Waals surface area contributed by atoms with Gasteiger partial charge in [-0.25, -0.2) is 4.79 Å². The lowest BCUT2D eigenvalue weighted by molar-refractivity contribution is -0.139. The normalized spacial score (nSPS) is 20.7. The van der Waals surface area contributed by atoms with Crippen LogP contribution in [0.25, 0.3) is 0 Å². The average Bonchev–Trinajstić information content (AvgIpc) is 2.82. The van der Waals surface area contributed by atoms with Gasteiger partial charge in [-0.15, -0.1) is 0 Å². The summed E-state index contributed by atoms with van der Waals surface area (Å²) in [6.45, 7) is 5.79. The molecule has 1 amide bonds. The molecule has 1 saturated heterocycles. The fourth-order valence-electron chi connectivity index (χ4n) is 2.62. The fraction of sp³-hybridized carbons (Fsp3) is 0.500. The second-order valence-electron chi connectivity index (χ2n) is 5.57. The van der Waals surface area contributed by atoms with E-state index in [2.05, 4.69) is 5.32 Å². The van der Waals surface area contributed by atoms with Crippen LogP contribution in [0.3, 0.4) is 0 Å². The van der Waals surface area contributed by atoms with Gasteiger partial charge in [0.15, 0.2) is 6.61 Å². The number of carbonyl (C=O) groups excluding carboxylic acids is 1. The number of aliphatic carboxylic acids is 1. The SMILES string of the molecule is Cc1cc(C(=O)NC2CCOC2C)cc(C)c1OCC(=O)O. The zero-order valence-corrected chi connectivity index (χ0v) is 13.0. The number of carboxylic acids is 1. The molecule has 0 radical (unpaired) electrons. The molecule has 1 aliphatic rings. The van der Waals surface area contributed by atoms with Gasteiger partial charge in [-0.05, 0) is 50.5 Å². The van der Waals surface area contributed by atoms with E-state index in [-0.39, 0.29) is 18.1 Å². The molecule has 2 atom stereocenters. The first-order valence-corrected chi connectivity index (χ1v) is 7.26. The zero-order valence-electron chi connectivity index (χ0n) is 13.0. The molecule has 6 heteroatoms. The third-order valence-electron chi connectivity index (χ3n) is 3.76. The summed E-state index contributed by atoms with van der Waals surface area (Å²) in [5.41, 5.74) is 2.01. The first kappa shape index (κ1) is 16.3. The van der Waals surface area contributed by atoms with Crippen LogP contribution in [0.5, 0.6) is 5.75 Å². The van der Waals surface area contributed by atoms with E-state index in [4.69, 9.17) is 14.6 Å². The zero-order chi connectivity index (χ0) is 16.3. The third-order valence-corrected chi connectivity index (χ3v) is 3.76. The number of nitrogens with one attached hydrogen (secondary N) is 1. The molecular weight excluding hydrogens is 286 g/mol. The van der Waals surface area contributed by atoms with Crippen molar-refractivity contribution in [2.45, 2.75) is 39.3 Å². The number of carboxylic acid groups (broad SMARTS) is 1. The number of hydrogen-bond acceptors (Lipinski definition) is 4. The Morgan fingerprint density at radius 2 is 2.00 bits per heavy atom. The molecular formula is C16H21NO5. The van der Waals surface area contributed by atoms with Gasteiger partial charge in [0, 0.05) is 12.2 Å². The van der Waals surface area contributed by atoms with Crippen LogP contribution in [-0.4, -0.2) is 42.3 Å². The summed E-state index contributed by atoms with van der Waals surface area (Å²) in [5.74, 6) is -0.675. The number of amides is 1. The predicted molar refractivity (Wildman–Crippen MR) is 80.3 cm³/mol. The van der Waals surface area contributed by atoms with Gasteiger partial charge in [-0.3, -0.25) is 4.79 Å². The number of aryl methyl sites for hydroxylation is 2. The molecule has 1 heterocycles. The van der Waals surface area contributed by atoms with Crippen LogP contribution >= 0.6 is 0 Å². The summed E-state index contributed by atoms with van der Waals surface area (Å²) in [5, 5.41) is 11.7. The summed E-state index contributed by atoms with van der Waals surface area (Å²) in [6, 6.07) is 3.44. The van der Waals surface area contributed by atoms with Crippen molar-refractivity contribution in [3.63, 3.8) is 0 Å². The molecule has 0 saturated carbocycles. The lowest BCUT2D eigenvalue weighted by atomic mass is 10.0. The molecule has 1 aromatic rings. The highest BCUT2D eigenvalue weighted by Crippen LogP contribution is 2.25. The highest BCUT2D eigenvalue weighted by atomic mass is 16.5. The molecule has 0 bridgehead atoms. The van der Waals surface area contributed by atoms with E-state index in [1.165, 1.54) is 0 Å². The van der Waals surface area contributed by atoms with E-state index < -0.39 is 12.6 Å². The molecule has 0 aromatic heterocycles. The molecule has 2 unspecified atom stereocenters. The molecule has 120 valence electrons. The van der Waals surface area contributed by atoms with E-state index in [1.807, 2.05) is 6.92 Å². The van der Waals surface area contributed by atoms with E-state index >= 15 is 0 Å². The molecule has 22 heavy (non-hydrogen) atoms. The minimum atomic E-state index is -1.03. The van der Waals surface area contributed by atoms with Gasteiger partial charge in [0.25, 0.3) is 5.91 Å². The highest BCUT2D eigenvalue weighted by Gasteiger charge is 2.26. The quantitative estimate of drug-likeness (QED) is 0.864. The van der Waals surface area contributed by atoms with Crippen LogP contribution < -0.4 is 10.1 Å². The average molecular weight is 307 g/mol. The smallest absolute Gasteiger partial charge is 0.341 e. The van der Waals surface area contributed by atoms with Crippen LogP contribution in [0.1, 0.15) is 34.8 Å². The second-order valence-corrected chi connectivity index (χ2v) is 5.57. The van der Waals surface area contributed by atoms with Gasteiger partial charge in [0.1, 0.15) is 5.75 Å². The fourth-order valence-corrected chi connectivity index (χ4v) is 2.62. The van der Waals surface area contributed by atoms with Gasteiger partial charge in [0.05, 0.1) is 12.1 Å². The van der Waals surface area contributed by atoms with Gasteiger partial charge in [0.2, 0.25) is 0 Å². The Morgan fingerprint density at radius 1 is 1.36 bits per heavy atom. The van der Waals surface area contributed by atoms with Crippen molar-refractivity contribution in [3.05, 3.63) is 28.8 Å². The summed E-state index contributed by atoms with van der Waals surface area (Å²) in [6.07, 6.45) is 0.828. The Kier molecular flexibility index (Phi) is 5.03. The number of rotatable bonds is 5. The van der Waals surface area contributed by atoms with Crippen molar-refractivity contribution in [1.29, 1.82) is 0 Å². The van der Waals surface area contributed by atoms with Gasteiger partial charge in [-0.1, -0.05) is 0 Å². The number of ether oxygens (including phenoxy) is 2. The van der Waals surface area contributed by atoms with Gasteiger partial charge < -0.3 is 19.9 Å². The summed E-state index contributed by atoms with van der Waals surface area (Å²) >= 11 is 0. The minimum Gasteiger partial charge on any atom is -0.481 e. The summed E-state index contributed by atoms with van der Waals surface area (Å²) < 4.78 is 10.7. The molecule has 6 nitrogen and oxygen atoms in total. The van der Waals surface area contributed by atoms with Crippen molar-refractivity contribution >= 4 is 11.9 Å². The lowest BCUT2D eigenvalue weighted by Gasteiger charge is -2.17. The number of hydrogen-bond donors (Lipinski definition) is 2. The second kappa shape index (κ2) is 6.79. The monoisotopic (exact) mass is 307 g/mol. The van der Waals surface area contributed by atoms with Crippen molar-refractivity contribution < 1.29 is 24.2 Å². The Morgan fingerprint density at radius 3 is 2.50 bits per heavy atom. The van der Waals surface area contributed by atoms with E-state index in [9.17, 15) is 9.59 Å². The molecule has 0 spiro atoms. The molecule has 0 aliphatic carbocycles. The molecule has 1 aromatic carbocycles.